The van der Waals surface area contributed by atoms with Gasteiger partial charge in [0.25, 0.3) is 5.91 Å². The zero-order valence-electron chi connectivity index (χ0n) is 14.3. The van der Waals surface area contributed by atoms with Gasteiger partial charge in [-0.25, -0.2) is 0 Å². The normalized spacial score (nSPS) is 16.5. The number of piperazine rings is 1. The van der Waals surface area contributed by atoms with Gasteiger partial charge in [0.1, 0.15) is 0 Å². The van der Waals surface area contributed by atoms with Gasteiger partial charge in [0.05, 0.1) is 6.10 Å². The summed E-state index contributed by atoms with van der Waals surface area (Å²) >= 11 is 0. The summed E-state index contributed by atoms with van der Waals surface area (Å²) in [5.41, 5.74) is 1.26. The molecule has 1 amide bonds. The maximum Gasteiger partial charge on any atom is 0.271 e. The van der Waals surface area contributed by atoms with Crippen LogP contribution in [0.15, 0.2) is 42.5 Å². The van der Waals surface area contributed by atoms with Crippen LogP contribution in [-0.4, -0.2) is 65.9 Å². The van der Waals surface area contributed by atoms with Crippen LogP contribution in [0, 0.1) is 0 Å². The number of benzene rings is 1. The molecule has 25 heavy (non-hydrogen) atoms. The third-order valence-electron chi connectivity index (χ3n) is 4.42. The minimum atomic E-state index is -0.473. The lowest BCUT2D eigenvalue weighted by atomic mass is 10.1. The summed E-state index contributed by atoms with van der Waals surface area (Å²) < 4.78 is 0. The molecule has 2 aromatic rings. The summed E-state index contributed by atoms with van der Waals surface area (Å²) in [4.78, 5) is 15.9. The van der Waals surface area contributed by atoms with Crippen LogP contribution >= 0.6 is 0 Å². The van der Waals surface area contributed by atoms with E-state index in [0.29, 0.717) is 12.2 Å². The molecule has 1 aromatic heterocycles. The van der Waals surface area contributed by atoms with Crippen LogP contribution in [0.4, 0.5) is 5.82 Å². The first kappa shape index (κ1) is 17.3. The van der Waals surface area contributed by atoms with Crippen molar-refractivity contribution in [2.45, 2.75) is 6.10 Å². The Morgan fingerprint density at radius 2 is 1.84 bits per heavy atom. The fourth-order valence-corrected chi connectivity index (χ4v) is 2.93. The Morgan fingerprint density at radius 1 is 1.12 bits per heavy atom. The second-order valence-electron chi connectivity index (χ2n) is 6.07. The lowest BCUT2D eigenvalue weighted by Gasteiger charge is -2.36. The number of amides is 1. The molecule has 3 rings (SSSR count). The van der Waals surface area contributed by atoms with Crippen molar-refractivity contribution >= 4 is 11.7 Å². The first-order valence-corrected chi connectivity index (χ1v) is 8.43. The average Bonchev–Trinajstić information content (AvgIpc) is 2.69. The van der Waals surface area contributed by atoms with Crippen molar-refractivity contribution < 1.29 is 9.90 Å². The number of rotatable bonds is 5. The van der Waals surface area contributed by atoms with E-state index < -0.39 is 6.10 Å². The molecule has 7 heteroatoms. The van der Waals surface area contributed by atoms with Crippen LogP contribution in [0.25, 0.3) is 0 Å². The maximum absolute atomic E-state index is 11.5. The van der Waals surface area contributed by atoms with Gasteiger partial charge >= 0.3 is 0 Å². The van der Waals surface area contributed by atoms with Gasteiger partial charge in [-0.2, -0.15) is 0 Å². The fourth-order valence-electron chi connectivity index (χ4n) is 2.93. The smallest absolute Gasteiger partial charge is 0.271 e. The van der Waals surface area contributed by atoms with Gasteiger partial charge < -0.3 is 15.3 Å². The standard InChI is InChI=1S/C18H23N5O2/c1-19-18(25)15-7-8-17(21-20-15)23-11-9-22(10-12-23)13-16(24)14-5-3-2-4-6-14/h2-8,16,24H,9-13H2,1H3,(H,19,25). The van der Waals surface area contributed by atoms with Crippen LogP contribution in [0.2, 0.25) is 0 Å². The van der Waals surface area contributed by atoms with Crippen LogP contribution in [0.1, 0.15) is 22.2 Å². The molecule has 2 heterocycles. The summed E-state index contributed by atoms with van der Waals surface area (Å²) in [5, 5.41) is 21.0. The largest absolute Gasteiger partial charge is 0.387 e. The van der Waals surface area contributed by atoms with E-state index in [1.54, 1.807) is 13.1 Å². The van der Waals surface area contributed by atoms with Crippen LogP contribution < -0.4 is 10.2 Å². The second-order valence-corrected chi connectivity index (χ2v) is 6.07. The minimum absolute atomic E-state index is 0.237. The Morgan fingerprint density at radius 3 is 2.44 bits per heavy atom. The number of anilines is 1. The third-order valence-corrected chi connectivity index (χ3v) is 4.42. The van der Waals surface area contributed by atoms with E-state index in [4.69, 9.17) is 0 Å². The number of aliphatic hydroxyl groups excluding tert-OH is 1. The maximum atomic E-state index is 11.5. The van der Waals surface area contributed by atoms with Gasteiger partial charge in [-0.3, -0.25) is 9.69 Å². The monoisotopic (exact) mass is 341 g/mol. The van der Waals surface area contributed by atoms with Crippen LogP contribution in [0.3, 0.4) is 0 Å². The predicted molar refractivity (Wildman–Crippen MR) is 95.5 cm³/mol. The summed E-state index contributed by atoms with van der Waals surface area (Å²) in [5.74, 6) is 0.537. The molecule has 0 bridgehead atoms. The Bertz CT molecular complexity index is 684. The van der Waals surface area contributed by atoms with Crippen molar-refractivity contribution in [2.24, 2.45) is 0 Å². The number of nitrogens with zero attached hydrogens (tertiary/aromatic N) is 4. The highest BCUT2D eigenvalue weighted by Crippen LogP contribution is 2.17. The molecule has 0 radical (unpaired) electrons. The Labute approximate surface area is 147 Å². The van der Waals surface area contributed by atoms with Crippen molar-refractivity contribution in [1.29, 1.82) is 0 Å². The summed E-state index contributed by atoms with van der Waals surface area (Å²) in [6.07, 6.45) is -0.473. The third kappa shape index (κ3) is 4.32. The van der Waals surface area contributed by atoms with Gasteiger partial charge in [0, 0.05) is 39.8 Å². The van der Waals surface area contributed by atoms with Crippen LogP contribution in [0.5, 0.6) is 0 Å². The number of β-amino-alcohol motifs (C(OH)–C–C–N with tert-alkyl or cyclic N) is 1. The molecule has 7 nitrogen and oxygen atoms in total. The van der Waals surface area contributed by atoms with Crippen molar-refractivity contribution in [3.63, 3.8) is 0 Å². The van der Waals surface area contributed by atoms with E-state index in [1.165, 1.54) is 0 Å². The fraction of sp³-hybridized carbons (Fsp3) is 0.389. The van der Waals surface area contributed by atoms with Gasteiger partial charge in [-0.15, -0.1) is 10.2 Å². The molecular formula is C18H23N5O2. The molecule has 1 unspecified atom stereocenters. The minimum Gasteiger partial charge on any atom is -0.387 e. The molecule has 1 aliphatic rings. The summed E-state index contributed by atoms with van der Waals surface area (Å²) in [6.45, 7) is 3.95. The van der Waals surface area contributed by atoms with Crippen molar-refractivity contribution in [3.8, 4) is 0 Å². The van der Waals surface area contributed by atoms with Gasteiger partial charge in [0.15, 0.2) is 11.5 Å². The molecule has 1 saturated heterocycles. The number of aromatic nitrogens is 2. The molecule has 0 saturated carbocycles. The van der Waals surface area contributed by atoms with Crippen molar-refractivity contribution in [1.82, 2.24) is 20.4 Å². The number of aliphatic hydroxyl groups is 1. The lowest BCUT2D eigenvalue weighted by Crippen LogP contribution is -2.47. The Kier molecular flexibility index (Phi) is 5.57. The Hall–Kier alpha value is -2.51. The number of carbonyl (C=O) groups excluding carboxylic acids is 1. The molecular weight excluding hydrogens is 318 g/mol. The van der Waals surface area contributed by atoms with E-state index in [-0.39, 0.29) is 5.91 Å². The highest BCUT2D eigenvalue weighted by Gasteiger charge is 2.21. The van der Waals surface area contributed by atoms with E-state index in [9.17, 15) is 9.90 Å². The zero-order chi connectivity index (χ0) is 17.6. The molecule has 1 aliphatic heterocycles. The quantitative estimate of drug-likeness (QED) is 0.833. The Balaban J connectivity index is 1.52. The van der Waals surface area contributed by atoms with E-state index in [2.05, 4.69) is 25.3 Å². The average molecular weight is 341 g/mol. The molecule has 132 valence electrons. The number of carbonyl (C=O) groups is 1. The van der Waals surface area contributed by atoms with E-state index >= 15 is 0 Å². The predicted octanol–water partition coefficient (Wildman–Crippen LogP) is 0.692. The van der Waals surface area contributed by atoms with Crippen LogP contribution in [-0.2, 0) is 0 Å². The van der Waals surface area contributed by atoms with Crippen molar-refractivity contribution in [3.05, 3.63) is 53.7 Å². The first-order chi connectivity index (χ1) is 12.2. The topological polar surface area (TPSA) is 81.6 Å². The second kappa shape index (κ2) is 8.04. The van der Waals surface area contributed by atoms with Crippen molar-refractivity contribution in [2.75, 3.05) is 44.7 Å². The summed E-state index contributed by atoms with van der Waals surface area (Å²) in [6, 6.07) is 13.2. The van der Waals surface area contributed by atoms with Gasteiger partial charge in [0.2, 0.25) is 0 Å². The van der Waals surface area contributed by atoms with E-state index in [0.717, 1.165) is 37.6 Å². The molecule has 1 atom stereocenters. The molecule has 2 N–H and O–H groups in total. The lowest BCUT2D eigenvalue weighted by molar-refractivity contribution is 0.0957. The van der Waals surface area contributed by atoms with E-state index in [1.807, 2.05) is 36.4 Å². The number of hydrogen-bond acceptors (Lipinski definition) is 6. The zero-order valence-corrected chi connectivity index (χ0v) is 14.3. The molecule has 0 aliphatic carbocycles. The highest BCUT2D eigenvalue weighted by molar-refractivity contribution is 5.91. The highest BCUT2D eigenvalue weighted by atomic mass is 16.3. The number of hydrogen-bond donors (Lipinski definition) is 2. The first-order valence-electron chi connectivity index (χ1n) is 8.43. The SMILES string of the molecule is CNC(=O)c1ccc(N2CCN(CC(O)c3ccccc3)CC2)nn1. The molecule has 1 fully saturated rings. The number of nitrogens with one attached hydrogen (secondary N) is 1. The molecule has 1 aromatic carbocycles. The van der Waals surface area contributed by atoms with Gasteiger partial charge in [-0.05, 0) is 17.7 Å². The molecule has 0 spiro atoms. The van der Waals surface area contributed by atoms with Gasteiger partial charge in [-0.1, -0.05) is 30.3 Å². The summed E-state index contributed by atoms with van der Waals surface area (Å²) in [7, 11) is 1.57.